The summed E-state index contributed by atoms with van der Waals surface area (Å²) in [5.41, 5.74) is 0.535. The number of aromatic nitrogens is 3. The van der Waals surface area contributed by atoms with Gasteiger partial charge in [-0.25, -0.2) is 0 Å². The summed E-state index contributed by atoms with van der Waals surface area (Å²) in [4.78, 5) is 0. The van der Waals surface area contributed by atoms with Crippen LogP contribution in [0.25, 0.3) is 0 Å². The standard InChI is InChI=1S/C10H7Cl3N4S/c1-5-15-16-10(18)17(5)14-4-6-7(11)2-3-8(12)9(6)13/h2-4H,1H3,(H,16,18)/b14-4+. The molecule has 1 N–H and O–H groups in total. The van der Waals surface area contributed by atoms with Gasteiger partial charge in [0.2, 0.25) is 4.77 Å². The Balaban J connectivity index is 2.47. The molecule has 0 aliphatic heterocycles. The van der Waals surface area contributed by atoms with Crippen molar-refractivity contribution in [1.82, 2.24) is 14.9 Å². The Kier molecular flexibility index (Phi) is 4.07. The number of aromatic amines is 1. The highest BCUT2D eigenvalue weighted by atomic mass is 35.5. The van der Waals surface area contributed by atoms with Crippen LogP contribution in [-0.4, -0.2) is 21.1 Å². The number of hydrogen-bond acceptors (Lipinski definition) is 3. The molecule has 1 heterocycles. The minimum Gasteiger partial charge on any atom is -0.250 e. The van der Waals surface area contributed by atoms with Crippen molar-refractivity contribution >= 4 is 53.2 Å². The Morgan fingerprint density at radius 1 is 1.33 bits per heavy atom. The number of nitrogens with one attached hydrogen (secondary N) is 1. The summed E-state index contributed by atoms with van der Waals surface area (Å²) < 4.78 is 1.85. The van der Waals surface area contributed by atoms with E-state index in [1.165, 1.54) is 10.9 Å². The van der Waals surface area contributed by atoms with Crippen molar-refractivity contribution in [2.75, 3.05) is 0 Å². The average molecular weight is 322 g/mol. The molecule has 0 amide bonds. The zero-order chi connectivity index (χ0) is 13.3. The molecule has 0 radical (unpaired) electrons. The molecule has 8 heteroatoms. The maximum absolute atomic E-state index is 6.05. The zero-order valence-corrected chi connectivity index (χ0v) is 12.2. The van der Waals surface area contributed by atoms with Crippen LogP contribution in [0.2, 0.25) is 15.1 Å². The number of rotatable bonds is 2. The molecule has 2 aromatic rings. The zero-order valence-electron chi connectivity index (χ0n) is 9.12. The first kappa shape index (κ1) is 13.5. The molecule has 1 aromatic heterocycles. The summed E-state index contributed by atoms with van der Waals surface area (Å²) >= 11 is 23.0. The van der Waals surface area contributed by atoms with E-state index >= 15 is 0 Å². The minimum atomic E-state index is 0.348. The summed E-state index contributed by atoms with van der Waals surface area (Å²) in [6.07, 6.45) is 1.49. The van der Waals surface area contributed by atoms with E-state index in [0.717, 1.165) is 0 Å². The van der Waals surface area contributed by atoms with Crippen LogP contribution in [0.5, 0.6) is 0 Å². The number of halogens is 3. The number of aryl methyl sites for hydroxylation is 1. The van der Waals surface area contributed by atoms with Crippen molar-refractivity contribution in [3.63, 3.8) is 0 Å². The van der Waals surface area contributed by atoms with E-state index in [2.05, 4.69) is 15.3 Å². The molecular weight excluding hydrogens is 315 g/mol. The Morgan fingerprint density at radius 2 is 2.00 bits per heavy atom. The number of H-pyrrole nitrogens is 1. The summed E-state index contributed by atoms with van der Waals surface area (Å²) in [7, 11) is 0. The number of hydrogen-bond donors (Lipinski definition) is 1. The highest BCUT2D eigenvalue weighted by Crippen LogP contribution is 2.30. The summed E-state index contributed by atoms with van der Waals surface area (Å²) in [5.74, 6) is 0.630. The Morgan fingerprint density at radius 3 is 2.61 bits per heavy atom. The molecule has 1 aromatic carbocycles. The van der Waals surface area contributed by atoms with Crippen LogP contribution in [0.3, 0.4) is 0 Å². The van der Waals surface area contributed by atoms with Crippen molar-refractivity contribution in [2.24, 2.45) is 5.10 Å². The van der Waals surface area contributed by atoms with Crippen molar-refractivity contribution < 1.29 is 0 Å². The van der Waals surface area contributed by atoms with Gasteiger partial charge in [-0.15, -0.1) is 0 Å². The number of nitrogens with zero attached hydrogens (tertiary/aromatic N) is 3. The van der Waals surface area contributed by atoms with Gasteiger partial charge in [-0.05, 0) is 31.3 Å². The predicted molar refractivity (Wildman–Crippen MR) is 76.6 cm³/mol. The second-order valence-electron chi connectivity index (χ2n) is 3.39. The lowest BCUT2D eigenvalue weighted by Gasteiger charge is -2.03. The van der Waals surface area contributed by atoms with E-state index in [0.29, 0.717) is 31.2 Å². The van der Waals surface area contributed by atoms with Crippen LogP contribution in [0, 0.1) is 11.7 Å². The smallest absolute Gasteiger partial charge is 0.216 e. The SMILES string of the molecule is Cc1n[nH]c(=S)n1/N=C/c1c(Cl)ccc(Cl)c1Cl. The fourth-order valence-corrected chi connectivity index (χ4v) is 2.14. The monoisotopic (exact) mass is 320 g/mol. The van der Waals surface area contributed by atoms with Gasteiger partial charge in [-0.2, -0.15) is 14.9 Å². The van der Waals surface area contributed by atoms with Gasteiger partial charge in [-0.1, -0.05) is 34.8 Å². The molecule has 0 spiro atoms. The van der Waals surface area contributed by atoms with Crippen molar-refractivity contribution in [1.29, 1.82) is 0 Å². The van der Waals surface area contributed by atoms with E-state index in [9.17, 15) is 0 Å². The molecule has 2 rings (SSSR count). The third-order valence-electron chi connectivity index (χ3n) is 2.19. The van der Waals surface area contributed by atoms with E-state index in [1.807, 2.05) is 0 Å². The second kappa shape index (κ2) is 5.40. The average Bonchev–Trinajstić information content (AvgIpc) is 2.65. The van der Waals surface area contributed by atoms with Crippen LogP contribution >= 0.6 is 47.0 Å². The van der Waals surface area contributed by atoms with Gasteiger partial charge in [0.1, 0.15) is 5.82 Å². The fourth-order valence-electron chi connectivity index (χ4n) is 1.28. The van der Waals surface area contributed by atoms with Gasteiger partial charge in [-0.3, -0.25) is 5.10 Å². The summed E-state index contributed by atoms with van der Waals surface area (Å²) in [6.45, 7) is 1.77. The van der Waals surface area contributed by atoms with Gasteiger partial charge in [0.05, 0.1) is 21.3 Å². The minimum absolute atomic E-state index is 0.348. The summed E-state index contributed by atoms with van der Waals surface area (Å²) in [5, 5.41) is 11.9. The lowest BCUT2D eigenvalue weighted by atomic mass is 10.2. The topological polar surface area (TPSA) is 46.0 Å². The Labute approximate surface area is 123 Å². The van der Waals surface area contributed by atoms with Crippen LogP contribution in [0.15, 0.2) is 17.2 Å². The normalized spacial score (nSPS) is 11.3. The molecular formula is C10H7Cl3N4S. The van der Waals surface area contributed by atoms with E-state index < -0.39 is 0 Å². The first-order chi connectivity index (χ1) is 8.50. The molecule has 0 aliphatic carbocycles. The molecule has 0 aliphatic rings. The summed E-state index contributed by atoms with van der Waals surface area (Å²) in [6, 6.07) is 3.27. The quantitative estimate of drug-likeness (QED) is 0.514. The van der Waals surface area contributed by atoms with Crippen molar-refractivity contribution in [3.05, 3.63) is 43.4 Å². The second-order valence-corrected chi connectivity index (χ2v) is 4.97. The third kappa shape index (κ3) is 2.59. The van der Waals surface area contributed by atoms with Gasteiger partial charge in [0, 0.05) is 5.56 Å². The highest BCUT2D eigenvalue weighted by Gasteiger charge is 2.08. The molecule has 0 unspecified atom stereocenters. The molecule has 0 fully saturated rings. The fraction of sp³-hybridized carbons (Fsp3) is 0.100. The molecule has 18 heavy (non-hydrogen) atoms. The van der Waals surface area contributed by atoms with Crippen molar-refractivity contribution in [2.45, 2.75) is 6.92 Å². The van der Waals surface area contributed by atoms with E-state index in [1.54, 1.807) is 19.1 Å². The van der Waals surface area contributed by atoms with Crippen LogP contribution in [-0.2, 0) is 0 Å². The Bertz CT molecular complexity index is 674. The Hall–Kier alpha value is -0.880. The molecule has 0 bridgehead atoms. The molecule has 4 nitrogen and oxygen atoms in total. The van der Waals surface area contributed by atoms with E-state index in [-0.39, 0.29) is 0 Å². The van der Waals surface area contributed by atoms with Gasteiger partial charge < -0.3 is 0 Å². The van der Waals surface area contributed by atoms with Gasteiger partial charge in [0.15, 0.2) is 0 Å². The largest absolute Gasteiger partial charge is 0.250 e. The lowest BCUT2D eigenvalue weighted by molar-refractivity contribution is 0.821. The van der Waals surface area contributed by atoms with Crippen LogP contribution in [0.1, 0.15) is 11.4 Å². The molecule has 0 saturated carbocycles. The van der Waals surface area contributed by atoms with Gasteiger partial charge in [0.25, 0.3) is 0 Å². The third-order valence-corrected chi connectivity index (χ3v) is 3.61. The van der Waals surface area contributed by atoms with Crippen LogP contribution < -0.4 is 0 Å². The molecule has 94 valence electrons. The maximum atomic E-state index is 6.05. The first-order valence-corrected chi connectivity index (χ1v) is 6.37. The molecule has 0 saturated heterocycles. The van der Waals surface area contributed by atoms with E-state index in [4.69, 9.17) is 47.0 Å². The number of benzene rings is 1. The maximum Gasteiger partial charge on any atom is 0.216 e. The van der Waals surface area contributed by atoms with Crippen LogP contribution in [0.4, 0.5) is 0 Å². The highest BCUT2D eigenvalue weighted by molar-refractivity contribution is 7.71. The lowest BCUT2D eigenvalue weighted by Crippen LogP contribution is -1.95. The molecule has 0 atom stereocenters. The predicted octanol–water partition coefficient (Wildman–Crippen LogP) is 4.09. The first-order valence-electron chi connectivity index (χ1n) is 4.82. The van der Waals surface area contributed by atoms with Gasteiger partial charge >= 0.3 is 0 Å². The van der Waals surface area contributed by atoms with Crippen molar-refractivity contribution in [3.8, 4) is 0 Å².